The first-order valence-electron chi connectivity index (χ1n) is 8.66. The predicted molar refractivity (Wildman–Crippen MR) is 105 cm³/mol. The van der Waals surface area contributed by atoms with Crippen molar-refractivity contribution in [3.05, 3.63) is 69.3 Å². The summed E-state index contributed by atoms with van der Waals surface area (Å²) in [5, 5.41) is 10.2. The van der Waals surface area contributed by atoms with Gasteiger partial charge in [0.1, 0.15) is 17.1 Å². The Labute approximate surface area is 173 Å². The summed E-state index contributed by atoms with van der Waals surface area (Å²) >= 11 is 11.7. The predicted octanol–water partition coefficient (Wildman–Crippen LogP) is 3.35. The Balaban J connectivity index is 1.65. The number of nitrogens with zero attached hydrogens (tertiary/aromatic N) is 3. The van der Waals surface area contributed by atoms with Crippen molar-refractivity contribution in [3.8, 4) is 0 Å². The van der Waals surface area contributed by atoms with Crippen LogP contribution in [0, 0.1) is 5.82 Å². The van der Waals surface area contributed by atoms with Crippen LogP contribution < -0.4 is 10.6 Å². The molecule has 2 aliphatic rings. The van der Waals surface area contributed by atoms with Crippen molar-refractivity contribution in [3.63, 3.8) is 0 Å². The second-order valence-corrected chi connectivity index (χ2v) is 7.77. The summed E-state index contributed by atoms with van der Waals surface area (Å²) in [5.74, 6) is -1.08. The molecule has 146 valence electrons. The van der Waals surface area contributed by atoms with E-state index in [9.17, 15) is 14.0 Å². The van der Waals surface area contributed by atoms with Crippen molar-refractivity contribution in [1.29, 1.82) is 0 Å². The van der Waals surface area contributed by atoms with Crippen molar-refractivity contribution < 1.29 is 14.0 Å². The van der Waals surface area contributed by atoms with Crippen LogP contribution >= 0.6 is 23.2 Å². The number of nitrogens with one attached hydrogen (secondary N) is 2. The lowest BCUT2D eigenvalue weighted by Gasteiger charge is -2.31. The van der Waals surface area contributed by atoms with Crippen molar-refractivity contribution in [2.45, 2.75) is 18.4 Å². The molecule has 2 amide bonds. The molecule has 10 heteroatoms. The summed E-state index contributed by atoms with van der Waals surface area (Å²) in [6.07, 6.45) is 2.87. The summed E-state index contributed by atoms with van der Waals surface area (Å²) in [4.78, 5) is 29.8. The molecule has 0 bridgehead atoms. The van der Waals surface area contributed by atoms with E-state index in [0.717, 1.165) is 0 Å². The first-order valence-corrected chi connectivity index (χ1v) is 9.41. The number of hydrogen-bond donors (Lipinski definition) is 2. The van der Waals surface area contributed by atoms with Gasteiger partial charge in [0.15, 0.2) is 0 Å². The molecule has 0 saturated heterocycles. The molecule has 2 aliphatic heterocycles. The van der Waals surface area contributed by atoms with E-state index in [1.165, 1.54) is 24.5 Å². The molecule has 2 aromatic heterocycles. The topological polar surface area (TPSA) is 88.9 Å². The van der Waals surface area contributed by atoms with Gasteiger partial charge in [-0.3, -0.25) is 14.6 Å². The monoisotopic (exact) mass is 431 g/mol. The van der Waals surface area contributed by atoms with E-state index >= 15 is 0 Å². The zero-order valence-corrected chi connectivity index (χ0v) is 16.2. The van der Waals surface area contributed by atoms with Crippen molar-refractivity contribution >= 4 is 46.5 Å². The van der Waals surface area contributed by atoms with Gasteiger partial charge in [-0.15, -0.1) is 0 Å². The number of fused-ring (bicyclic) bond motifs is 4. The Hall–Kier alpha value is -2.97. The van der Waals surface area contributed by atoms with Crippen LogP contribution in [-0.4, -0.2) is 26.6 Å². The van der Waals surface area contributed by atoms with Crippen LogP contribution in [0.25, 0.3) is 0 Å². The highest BCUT2D eigenvalue weighted by molar-refractivity contribution is 6.31. The quantitative estimate of drug-likeness (QED) is 0.650. The van der Waals surface area contributed by atoms with Gasteiger partial charge >= 0.3 is 0 Å². The number of rotatable bonds is 2. The van der Waals surface area contributed by atoms with Gasteiger partial charge in [0.2, 0.25) is 11.8 Å². The molecule has 0 radical (unpaired) electrons. The number of halogens is 3. The number of carbonyl (C=O) groups excluding carboxylic acids is 2. The van der Waals surface area contributed by atoms with Crippen LogP contribution in [0.1, 0.15) is 23.2 Å². The van der Waals surface area contributed by atoms with Crippen LogP contribution in [0.3, 0.4) is 0 Å². The Morgan fingerprint density at radius 1 is 1.14 bits per heavy atom. The molecule has 1 aromatic carbocycles. The SMILES string of the molecule is O=C1CC2(C(=O)Nc3cc(Cl)c(F)cc32)c2cnn(Cc3ccc(Cl)cn3)c2N1. The van der Waals surface area contributed by atoms with E-state index in [1.54, 1.807) is 16.8 Å². The molecule has 1 spiro atoms. The fourth-order valence-electron chi connectivity index (χ4n) is 3.91. The molecule has 1 unspecified atom stereocenters. The van der Waals surface area contributed by atoms with E-state index in [1.807, 2.05) is 0 Å². The lowest BCUT2D eigenvalue weighted by atomic mass is 9.72. The van der Waals surface area contributed by atoms with Crippen molar-refractivity contribution in [2.24, 2.45) is 0 Å². The van der Waals surface area contributed by atoms with E-state index in [-0.39, 0.29) is 23.9 Å². The molecule has 0 saturated carbocycles. The minimum atomic E-state index is -1.37. The maximum absolute atomic E-state index is 14.2. The Bertz CT molecular complexity index is 1190. The highest BCUT2D eigenvalue weighted by Crippen LogP contribution is 2.50. The van der Waals surface area contributed by atoms with E-state index in [2.05, 4.69) is 20.7 Å². The molecule has 4 heterocycles. The fourth-order valence-corrected chi connectivity index (χ4v) is 4.19. The van der Waals surface area contributed by atoms with Gasteiger partial charge < -0.3 is 10.6 Å². The first kappa shape index (κ1) is 18.1. The van der Waals surface area contributed by atoms with Gasteiger partial charge in [0, 0.05) is 23.9 Å². The molecule has 2 N–H and O–H groups in total. The lowest BCUT2D eigenvalue weighted by molar-refractivity contribution is -0.125. The zero-order valence-electron chi connectivity index (χ0n) is 14.7. The highest BCUT2D eigenvalue weighted by Gasteiger charge is 2.54. The number of hydrogen-bond acceptors (Lipinski definition) is 4. The summed E-state index contributed by atoms with van der Waals surface area (Å²) in [5.41, 5.74) is 0.538. The van der Waals surface area contributed by atoms with Crippen LogP contribution in [-0.2, 0) is 21.5 Å². The molecular weight excluding hydrogens is 420 g/mol. The Morgan fingerprint density at radius 2 is 1.97 bits per heavy atom. The largest absolute Gasteiger partial charge is 0.325 e. The third kappa shape index (κ3) is 2.63. The maximum Gasteiger partial charge on any atom is 0.240 e. The third-order valence-corrected chi connectivity index (χ3v) is 5.75. The van der Waals surface area contributed by atoms with Gasteiger partial charge in [-0.1, -0.05) is 23.2 Å². The number of anilines is 2. The number of aromatic nitrogens is 3. The minimum absolute atomic E-state index is 0.105. The molecular formula is C19H12Cl2FN5O2. The standard InChI is InChI=1S/C19H12Cl2FN5O2/c20-9-1-2-10(23-6-9)8-27-17-12(7-24-27)19(5-16(28)26-17)11-3-14(22)13(21)4-15(11)25-18(19)29/h1-4,6-7H,5,8H2,(H,25,29)(H,26,28). The third-order valence-electron chi connectivity index (χ3n) is 5.24. The summed E-state index contributed by atoms with van der Waals surface area (Å²) < 4.78 is 15.8. The number of carbonyl (C=O) groups is 2. The molecule has 3 aromatic rings. The number of pyridine rings is 1. The van der Waals surface area contributed by atoms with Crippen LogP contribution in [0.2, 0.25) is 10.0 Å². The molecule has 29 heavy (non-hydrogen) atoms. The van der Waals surface area contributed by atoms with Gasteiger partial charge in [0.05, 0.1) is 28.5 Å². The summed E-state index contributed by atoms with van der Waals surface area (Å²) in [7, 11) is 0. The minimum Gasteiger partial charge on any atom is -0.325 e. The van der Waals surface area contributed by atoms with Gasteiger partial charge in [-0.2, -0.15) is 5.10 Å². The smallest absolute Gasteiger partial charge is 0.240 e. The van der Waals surface area contributed by atoms with Crippen molar-refractivity contribution in [1.82, 2.24) is 14.8 Å². The van der Waals surface area contributed by atoms with Gasteiger partial charge in [0.25, 0.3) is 0 Å². The van der Waals surface area contributed by atoms with Gasteiger partial charge in [-0.05, 0) is 29.8 Å². The molecule has 5 rings (SSSR count). The van der Waals surface area contributed by atoms with Crippen molar-refractivity contribution in [2.75, 3.05) is 10.6 Å². The lowest BCUT2D eigenvalue weighted by Crippen LogP contribution is -2.43. The first-order chi connectivity index (χ1) is 13.9. The van der Waals surface area contributed by atoms with Crippen LogP contribution in [0.5, 0.6) is 0 Å². The summed E-state index contributed by atoms with van der Waals surface area (Å²) in [6.45, 7) is 0.256. The molecule has 0 fully saturated rings. The Kier molecular flexibility index (Phi) is 3.91. The number of amides is 2. The second kappa shape index (κ2) is 6.27. The van der Waals surface area contributed by atoms with Crippen LogP contribution in [0.15, 0.2) is 36.7 Å². The van der Waals surface area contributed by atoms with E-state index < -0.39 is 17.1 Å². The fraction of sp³-hybridized carbons (Fsp3) is 0.158. The van der Waals surface area contributed by atoms with E-state index in [4.69, 9.17) is 23.2 Å². The highest BCUT2D eigenvalue weighted by atomic mass is 35.5. The average Bonchev–Trinajstić information content (AvgIpc) is 3.18. The zero-order chi connectivity index (χ0) is 20.3. The molecule has 0 aliphatic carbocycles. The summed E-state index contributed by atoms with van der Waals surface area (Å²) in [6, 6.07) is 6.00. The Morgan fingerprint density at radius 3 is 2.72 bits per heavy atom. The normalized spacial score (nSPS) is 19.7. The van der Waals surface area contributed by atoms with Gasteiger partial charge in [-0.25, -0.2) is 9.07 Å². The molecule has 7 nitrogen and oxygen atoms in total. The van der Waals surface area contributed by atoms with E-state index in [0.29, 0.717) is 33.3 Å². The van der Waals surface area contributed by atoms with Crippen LogP contribution in [0.4, 0.5) is 15.9 Å². The molecule has 1 atom stereocenters. The maximum atomic E-state index is 14.2. The number of benzene rings is 1. The second-order valence-electron chi connectivity index (χ2n) is 6.93. The average molecular weight is 432 g/mol.